The highest BCUT2D eigenvalue weighted by atomic mass is 32.2. The van der Waals surface area contributed by atoms with E-state index in [2.05, 4.69) is 0 Å². The number of carbonyl (C=O) groups is 1. The van der Waals surface area contributed by atoms with E-state index in [0.29, 0.717) is 0 Å². The molecule has 0 heterocycles. The summed E-state index contributed by atoms with van der Waals surface area (Å²) in [4.78, 5) is 11.5. The van der Waals surface area contributed by atoms with Gasteiger partial charge in [0, 0.05) is 13.0 Å². The van der Waals surface area contributed by atoms with Crippen LogP contribution in [0.2, 0.25) is 0 Å². The Morgan fingerprint density at radius 1 is 1.31 bits per heavy atom. The molecule has 0 bridgehead atoms. The Bertz CT molecular complexity index is 291. The van der Waals surface area contributed by atoms with Gasteiger partial charge in [0.05, 0.1) is 6.26 Å². The van der Waals surface area contributed by atoms with Crippen LogP contribution in [0.3, 0.4) is 0 Å². The van der Waals surface area contributed by atoms with Gasteiger partial charge in [0.1, 0.15) is 0 Å². The largest absolute Gasteiger partial charge is 0.274 e. The van der Waals surface area contributed by atoms with Crippen LogP contribution in [0, 0.1) is 5.92 Å². The fourth-order valence-electron chi connectivity index (χ4n) is 1.59. The highest BCUT2D eigenvalue weighted by molar-refractivity contribution is 7.88. The third-order valence-electron chi connectivity index (χ3n) is 2.51. The summed E-state index contributed by atoms with van der Waals surface area (Å²) < 4.78 is 22.9. The predicted molar refractivity (Wildman–Crippen MR) is 49.6 cm³/mol. The Labute approximate surface area is 79.0 Å². The quantitative estimate of drug-likeness (QED) is 0.663. The molecule has 0 aromatic heterocycles. The molecule has 1 fully saturated rings. The molecule has 0 N–H and O–H groups in total. The molecule has 76 valence electrons. The minimum absolute atomic E-state index is 0.0697. The van der Waals surface area contributed by atoms with E-state index in [9.17, 15) is 13.2 Å². The second-order valence-electron chi connectivity index (χ2n) is 3.55. The van der Waals surface area contributed by atoms with E-state index >= 15 is 0 Å². The van der Waals surface area contributed by atoms with Crippen molar-refractivity contribution in [1.29, 1.82) is 0 Å². The molecule has 1 aliphatic carbocycles. The van der Waals surface area contributed by atoms with Gasteiger partial charge in [-0.25, -0.2) is 12.7 Å². The van der Waals surface area contributed by atoms with E-state index < -0.39 is 10.0 Å². The third kappa shape index (κ3) is 2.43. The molecule has 0 saturated heterocycles. The van der Waals surface area contributed by atoms with Gasteiger partial charge in [-0.1, -0.05) is 12.8 Å². The number of carbonyl (C=O) groups excluding carboxylic acids is 1. The zero-order chi connectivity index (χ0) is 10.1. The SMILES string of the molecule is CN(C(=O)C1CCCC1)S(C)(=O)=O. The van der Waals surface area contributed by atoms with Gasteiger partial charge >= 0.3 is 0 Å². The summed E-state index contributed by atoms with van der Waals surface area (Å²) in [6.07, 6.45) is 4.79. The molecular formula is C8H15NO3S. The second-order valence-corrected chi connectivity index (χ2v) is 5.56. The lowest BCUT2D eigenvalue weighted by Gasteiger charge is -2.18. The highest BCUT2D eigenvalue weighted by Crippen LogP contribution is 2.26. The van der Waals surface area contributed by atoms with E-state index in [0.717, 1.165) is 36.2 Å². The number of rotatable bonds is 2. The van der Waals surface area contributed by atoms with Crippen LogP contribution in [0.1, 0.15) is 25.7 Å². The number of hydrogen-bond acceptors (Lipinski definition) is 3. The molecule has 0 aromatic rings. The van der Waals surface area contributed by atoms with Crippen LogP contribution in [-0.2, 0) is 14.8 Å². The Morgan fingerprint density at radius 2 is 1.77 bits per heavy atom. The lowest BCUT2D eigenvalue weighted by molar-refractivity contribution is -0.129. The lowest BCUT2D eigenvalue weighted by atomic mass is 10.1. The number of hydrogen-bond donors (Lipinski definition) is 0. The van der Waals surface area contributed by atoms with Crippen molar-refractivity contribution in [2.24, 2.45) is 5.92 Å². The van der Waals surface area contributed by atoms with Crippen molar-refractivity contribution in [2.75, 3.05) is 13.3 Å². The van der Waals surface area contributed by atoms with Gasteiger partial charge in [-0.05, 0) is 12.8 Å². The molecule has 1 aliphatic rings. The molecular weight excluding hydrogens is 190 g/mol. The van der Waals surface area contributed by atoms with Gasteiger partial charge in [0.25, 0.3) is 0 Å². The lowest BCUT2D eigenvalue weighted by Crippen LogP contribution is -2.36. The van der Waals surface area contributed by atoms with Crippen LogP contribution in [0.5, 0.6) is 0 Å². The smallest absolute Gasteiger partial charge is 0.238 e. The van der Waals surface area contributed by atoms with E-state index in [1.807, 2.05) is 0 Å². The molecule has 0 unspecified atom stereocenters. The van der Waals surface area contributed by atoms with Gasteiger partial charge in [-0.15, -0.1) is 0 Å². The Kier molecular flexibility index (Phi) is 2.95. The Morgan fingerprint density at radius 3 is 2.15 bits per heavy atom. The van der Waals surface area contributed by atoms with Crippen LogP contribution in [0.25, 0.3) is 0 Å². The fraction of sp³-hybridized carbons (Fsp3) is 0.875. The Hall–Kier alpha value is -0.580. The maximum Gasteiger partial charge on any atom is 0.238 e. The standard InChI is InChI=1S/C8H15NO3S/c1-9(13(2,11)12)8(10)7-5-3-4-6-7/h7H,3-6H2,1-2H3. The van der Waals surface area contributed by atoms with Crippen molar-refractivity contribution in [1.82, 2.24) is 4.31 Å². The predicted octanol–water partition coefficient (Wildman–Crippen LogP) is 0.595. The maximum atomic E-state index is 11.5. The van der Waals surface area contributed by atoms with Gasteiger partial charge in [-0.2, -0.15) is 0 Å². The van der Waals surface area contributed by atoms with E-state index in [-0.39, 0.29) is 11.8 Å². The molecule has 1 saturated carbocycles. The number of nitrogens with zero attached hydrogens (tertiary/aromatic N) is 1. The molecule has 13 heavy (non-hydrogen) atoms. The third-order valence-corrected chi connectivity index (χ3v) is 3.69. The first-order valence-corrected chi connectivity index (χ1v) is 6.25. The summed E-state index contributed by atoms with van der Waals surface area (Å²) in [6, 6.07) is 0. The van der Waals surface area contributed by atoms with Crippen molar-refractivity contribution >= 4 is 15.9 Å². The Balaban J connectivity index is 2.67. The summed E-state index contributed by atoms with van der Waals surface area (Å²) in [5.41, 5.74) is 0. The first-order chi connectivity index (χ1) is 5.93. The van der Waals surface area contributed by atoms with Crippen LogP contribution < -0.4 is 0 Å². The number of amides is 1. The van der Waals surface area contributed by atoms with Gasteiger partial charge in [0.2, 0.25) is 15.9 Å². The molecule has 0 aromatic carbocycles. The van der Waals surface area contributed by atoms with Crippen molar-refractivity contribution in [3.63, 3.8) is 0 Å². The summed E-state index contributed by atoms with van der Waals surface area (Å²) in [5.74, 6) is -0.320. The average molecular weight is 205 g/mol. The first kappa shape index (κ1) is 10.5. The van der Waals surface area contributed by atoms with Crippen LogP contribution in [0.4, 0.5) is 0 Å². The molecule has 1 rings (SSSR count). The molecule has 0 spiro atoms. The minimum Gasteiger partial charge on any atom is -0.274 e. The zero-order valence-electron chi connectivity index (χ0n) is 7.99. The fourth-order valence-corrected chi connectivity index (χ4v) is 2.07. The van der Waals surface area contributed by atoms with E-state index in [1.165, 1.54) is 7.05 Å². The monoisotopic (exact) mass is 205 g/mol. The topological polar surface area (TPSA) is 54.5 Å². The van der Waals surface area contributed by atoms with Crippen molar-refractivity contribution in [3.8, 4) is 0 Å². The van der Waals surface area contributed by atoms with Gasteiger partial charge in [-0.3, -0.25) is 4.79 Å². The summed E-state index contributed by atoms with van der Waals surface area (Å²) in [5, 5.41) is 0. The minimum atomic E-state index is -3.36. The summed E-state index contributed by atoms with van der Waals surface area (Å²) in [7, 11) is -2.03. The molecule has 1 amide bonds. The average Bonchev–Trinajstić information content (AvgIpc) is 2.51. The first-order valence-electron chi connectivity index (χ1n) is 4.40. The molecule has 0 radical (unpaired) electrons. The maximum absolute atomic E-state index is 11.5. The number of sulfonamides is 1. The van der Waals surface area contributed by atoms with E-state index in [1.54, 1.807) is 0 Å². The van der Waals surface area contributed by atoms with Gasteiger partial charge in [0.15, 0.2) is 0 Å². The van der Waals surface area contributed by atoms with Gasteiger partial charge < -0.3 is 0 Å². The van der Waals surface area contributed by atoms with Crippen LogP contribution >= 0.6 is 0 Å². The van der Waals surface area contributed by atoms with Crippen molar-refractivity contribution in [3.05, 3.63) is 0 Å². The van der Waals surface area contributed by atoms with E-state index in [4.69, 9.17) is 0 Å². The molecule has 5 heteroatoms. The van der Waals surface area contributed by atoms with Crippen LogP contribution in [0.15, 0.2) is 0 Å². The van der Waals surface area contributed by atoms with Crippen LogP contribution in [-0.4, -0.2) is 31.9 Å². The van der Waals surface area contributed by atoms with Crippen molar-refractivity contribution in [2.45, 2.75) is 25.7 Å². The molecule has 4 nitrogen and oxygen atoms in total. The van der Waals surface area contributed by atoms with Crippen molar-refractivity contribution < 1.29 is 13.2 Å². The highest BCUT2D eigenvalue weighted by Gasteiger charge is 2.29. The molecule has 0 aliphatic heterocycles. The zero-order valence-corrected chi connectivity index (χ0v) is 8.80. The summed E-state index contributed by atoms with van der Waals surface area (Å²) in [6.45, 7) is 0. The second kappa shape index (κ2) is 3.65. The normalized spacial score (nSPS) is 18.9. The summed E-state index contributed by atoms with van der Waals surface area (Å²) >= 11 is 0. The molecule has 0 atom stereocenters.